The third-order valence-electron chi connectivity index (χ3n) is 4.10. The molecule has 0 aromatic carbocycles. The Labute approximate surface area is 158 Å². The highest BCUT2D eigenvalue weighted by Gasteiger charge is 2.12. The van der Waals surface area contributed by atoms with Crippen LogP contribution in [0.3, 0.4) is 0 Å². The second kappa shape index (κ2) is 9.31. The lowest BCUT2D eigenvalue weighted by atomic mass is 10.2. The Hall–Kier alpha value is -1.44. The minimum Gasteiger partial charge on any atom is -0.356 e. The van der Waals surface area contributed by atoms with Crippen molar-refractivity contribution in [3.8, 4) is 0 Å². The van der Waals surface area contributed by atoms with Gasteiger partial charge in [0.25, 0.3) is 0 Å². The number of hydrogen-bond acceptors (Lipinski definition) is 5. The van der Waals surface area contributed by atoms with Gasteiger partial charge in [-0.25, -0.2) is 4.98 Å². The molecule has 0 saturated heterocycles. The Morgan fingerprint density at radius 2 is 2.24 bits per heavy atom. The number of nitrogens with zero attached hydrogens (tertiary/aromatic N) is 3. The van der Waals surface area contributed by atoms with E-state index in [2.05, 4.69) is 46.0 Å². The number of nitrogens with one attached hydrogen (secondary N) is 2. The van der Waals surface area contributed by atoms with Crippen LogP contribution in [0.4, 0.5) is 0 Å². The molecule has 8 heteroatoms. The number of halogens is 1. The molecule has 0 spiro atoms. The summed E-state index contributed by atoms with van der Waals surface area (Å²) >= 11 is 1.70. The second-order valence-corrected chi connectivity index (χ2v) is 7.35. The fourth-order valence-corrected chi connectivity index (χ4v) is 3.61. The number of fused-ring (bicyclic) bond motifs is 1. The largest absolute Gasteiger partial charge is 0.356 e. The number of carbonyl (C=O) groups is 1. The van der Waals surface area contributed by atoms with Crippen molar-refractivity contribution in [2.24, 2.45) is 0 Å². The number of carbonyl (C=O) groups excluding carboxylic acids is 1. The Kier molecular flexibility index (Phi) is 7.40. The van der Waals surface area contributed by atoms with Crippen LogP contribution in [-0.4, -0.2) is 33.8 Å². The average molecular weight is 384 g/mol. The predicted octanol–water partition coefficient (Wildman–Crippen LogP) is 2.28. The number of thiazole rings is 1. The van der Waals surface area contributed by atoms with Crippen LogP contribution in [0.2, 0.25) is 0 Å². The zero-order valence-electron chi connectivity index (χ0n) is 14.7. The fourth-order valence-electron chi connectivity index (χ4n) is 2.74. The van der Waals surface area contributed by atoms with Gasteiger partial charge < -0.3 is 10.6 Å². The molecule has 2 N–H and O–H groups in total. The third kappa shape index (κ3) is 5.52. The fraction of sp³-hybridized carbons (Fsp3) is 0.588. The predicted molar refractivity (Wildman–Crippen MR) is 102 cm³/mol. The summed E-state index contributed by atoms with van der Waals surface area (Å²) in [7, 11) is 0. The molecule has 138 valence electrons. The van der Waals surface area contributed by atoms with E-state index in [9.17, 15) is 4.79 Å². The molecule has 0 bridgehead atoms. The molecule has 6 nitrogen and oxygen atoms in total. The molecule has 0 fully saturated rings. The molecule has 2 aromatic heterocycles. The van der Waals surface area contributed by atoms with Crippen molar-refractivity contribution in [3.63, 3.8) is 0 Å². The van der Waals surface area contributed by atoms with Crippen LogP contribution in [0.25, 0.3) is 0 Å². The standard InChI is InChI=1S/C17H25N5OS.ClH/c1-12(2)17-20-14(11-24-17)5-6-19-16(23)4-3-13-9-15-10-18-7-8-22(15)21-13;/h9,11-12,18H,3-8,10H2,1-2H3,(H,19,23);1H. The summed E-state index contributed by atoms with van der Waals surface area (Å²) in [6, 6.07) is 2.10. The van der Waals surface area contributed by atoms with Gasteiger partial charge in [0.05, 0.1) is 28.6 Å². The normalized spacial score (nSPS) is 13.4. The molecule has 3 rings (SSSR count). The van der Waals surface area contributed by atoms with Gasteiger partial charge in [0.15, 0.2) is 0 Å². The first-order chi connectivity index (χ1) is 11.6. The lowest BCUT2D eigenvalue weighted by Gasteiger charge is -2.13. The highest BCUT2D eigenvalue weighted by Crippen LogP contribution is 2.19. The van der Waals surface area contributed by atoms with Crippen LogP contribution in [0.5, 0.6) is 0 Å². The van der Waals surface area contributed by atoms with E-state index < -0.39 is 0 Å². The van der Waals surface area contributed by atoms with Gasteiger partial charge in [-0.2, -0.15) is 5.10 Å². The second-order valence-electron chi connectivity index (χ2n) is 6.46. The summed E-state index contributed by atoms with van der Waals surface area (Å²) in [5.74, 6) is 0.549. The van der Waals surface area contributed by atoms with Gasteiger partial charge in [-0.3, -0.25) is 9.48 Å². The maximum atomic E-state index is 12.0. The van der Waals surface area contributed by atoms with Crippen LogP contribution >= 0.6 is 23.7 Å². The van der Waals surface area contributed by atoms with Crippen molar-refractivity contribution in [2.45, 2.75) is 52.1 Å². The Balaban J connectivity index is 0.00000225. The van der Waals surface area contributed by atoms with E-state index in [1.165, 1.54) is 5.69 Å². The topological polar surface area (TPSA) is 71.8 Å². The molecular formula is C17H26ClN5OS. The lowest BCUT2D eigenvalue weighted by molar-refractivity contribution is -0.121. The zero-order valence-corrected chi connectivity index (χ0v) is 16.4. The van der Waals surface area contributed by atoms with Gasteiger partial charge in [0, 0.05) is 50.2 Å². The van der Waals surface area contributed by atoms with E-state index in [0.717, 1.165) is 42.5 Å². The van der Waals surface area contributed by atoms with Crippen molar-refractivity contribution >= 4 is 29.7 Å². The number of amides is 1. The highest BCUT2D eigenvalue weighted by atomic mass is 35.5. The van der Waals surface area contributed by atoms with Crippen LogP contribution in [0.15, 0.2) is 11.4 Å². The molecule has 0 atom stereocenters. The average Bonchev–Trinajstić information content (AvgIpc) is 3.19. The lowest BCUT2D eigenvalue weighted by Crippen LogP contribution is -2.28. The Morgan fingerprint density at radius 1 is 1.40 bits per heavy atom. The van der Waals surface area contributed by atoms with Crippen LogP contribution < -0.4 is 10.6 Å². The van der Waals surface area contributed by atoms with Crippen LogP contribution in [0, 0.1) is 0 Å². The van der Waals surface area contributed by atoms with Gasteiger partial charge in [0.1, 0.15) is 0 Å². The van der Waals surface area contributed by atoms with Crippen molar-refractivity contribution in [1.82, 2.24) is 25.4 Å². The summed E-state index contributed by atoms with van der Waals surface area (Å²) in [4.78, 5) is 16.6. The third-order valence-corrected chi connectivity index (χ3v) is 5.29. The first-order valence-electron chi connectivity index (χ1n) is 8.59. The number of hydrogen-bond donors (Lipinski definition) is 2. The maximum Gasteiger partial charge on any atom is 0.220 e. The summed E-state index contributed by atoms with van der Waals surface area (Å²) in [5.41, 5.74) is 3.28. The van der Waals surface area contributed by atoms with Gasteiger partial charge in [-0.05, 0) is 6.07 Å². The van der Waals surface area contributed by atoms with Gasteiger partial charge >= 0.3 is 0 Å². The SMILES string of the molecule is CC(C)c1nc(CCNC(=O)CCc2cc3n(n2)CCNC3)cs1.Cl. The van der Waals surface area contributed by atoms with Crippen molar-refractivity contribution in [3.05, 3.63) is 33.5 Å². The Bertz CT molecular complexity index is 674. The van der Waals surface area contributed by atoms with Crippen molar-refractivity contribution < 1.29 is 4.79 Å². The molecule has 1 amide bonds. The zero-order chi connectivity index (χ0) is 16.9. The number of aryl methyl sites for hydroxylation is 1. The molecule has 0 aliphatic carbocycles. The maximum absolute atomic E-state index is 12.0. The molecule has 0 unspecified atom stereocenters. The molecule has 0 saturated carbocycles. The summed E-state index contributed by atoms with van der Waals surface area (Å²) in [6.45, 7) is 7.68. The summed E-state index contributed by atoms with van der Waals surface area (Å²) < 4.78 is 2.04. The Morgan fingerprint density at radius 3 is 2.96 bits per heavy atom. The molecule has 25 heavy (non-hydrogen) atoms. The van der Waals surface area contributed by atoms with E-state index in [-0.39, 0.29) is 18.3 Å². The number of rotatable bonds is 7. The van der Waals surface area contributed by atoms with E-state index in [0.29, 0.717) is 25.3 Å². The van der Waals surface area contributed by atoms with Crippen molar-refractivity contribution in [1.29, 1.82) is 0 Å². The summed E-state index contributed by atoms with van der Waals surface area (Å²) in [5, 5.41) is 14.1. The van der Waals surface area contributed by atoms with Gasteiger partial charge in [-0.15, -0.1) is 23.7 Å². The molecule has 3 heterocycles. The van der Waals surface area contributed by atoms with Crippen LogP contribution in [-0.2, 0) is 30.7 Å². The molecule has 2 aromatic rings. The van der Waals surface area contributed by atoms with Gasteiger partial charge in [0.2, 0.25) is 5.91 Å². The number of aromatic nitrogens is 3. The summed E-state index contributed by atoms with van der Waals surface area (Å²) in [6.07, 6.45) is 1.97. The molecule has 0 radical (unpaired) electrons. The van der Waals surface area contributed by atoms with E-state index in [4.69, 9.17) is 0 Å². The molecule has 1 aliphatic rings. The van der Waals surface area contributed by atoms with E-state index in [1.54, 1.807) is 11.3 Å². The monoisotopic (exact) mass is 383 g/mol. The molecule has 1 aliphatic heterocycles. The minimum absolute atomic E-state index is 0. The highest BCUT2D eigenvalue weighted by molar-refractivity contribution is 7.09. The first-order valence-corrected chi connectivity index (χ1v) is 9.47. The minimum atomic E-state index is 0. The van der Waals surface area contributed by atoms with Crippen LogP contribution in [0.1, 0.15) is 48.3 Å². The van der Waals surface area contributed by atoms with Gasteiger partial charge in [-0.1, -0.05) is 13.8 Å². The van der Waals surface area contributed by atoms with E-state index in [1.807, 2.05) is 4.68 Å². The quantitative estimate of drug-likeness (QED) is 0.769. The first kappa shape index (κ1) is 19.9. The smallest absolute Gasteiger partial charge is 0.220 e. The van der Waals surface area contributed by atoms with Crippen molar-refractivity contribution in [2.75, 3.05) is 13.1 Å². The van der Waals surface area contributed by atoms with E-state index >= 15 is 0 Å². The molecular weight excluding hydrogens is 358 g/mol.